The molecule has 0 aliphatic heterocycles. The number of benzene rings is 1. The lowest BCUT2D eigenvalue weighted by Crippen LogP contribution is -2.35. The highest BCUT2D eigenvalue weighted by atomic mass is 16.5. The molecule has 1 fully saturated rings. The first-order valence-corrected chi connectivity index (χ1v) is 6.83. The third-order valence-electron chi connectivity index (χ3n) is 3.51. The predicted octanol–water partition coefficient (Wildman–Crippen LogP) is 1.92. The smallest absolute Gasteiger partial charge is 0.342 e. The largest absolute Gasteiger partial charge is 0.507 e. The number of rotatable bonds is 4. The van der Waals surface area contributed by atoms with Gasteiger partial charge in [-0.25, -0.2) is 4.79 Å². The van der Waals surface area contributed by atoms with E-state index in [1.165, 1.54) is 6.07 Å². The van der Waals surface area contributed by atoms with Crippen LogP contribution in [0, 0.1) is 6.92 Å². The van der Waals surface area contributed by atoms with E-state index >= 15 is 0 Å². The van der Waals surface area contributed by atoms with E-state index in [9.17, 15) is 14.7 Å². The van der Waals surface area contributed by atoms with Crippen LogP contribution in [0.5, 0.6) is 5.75 Å². The molecule has 0 heterocycles. The Morgan fingerprint density at radius 1 is 1.35 bits per heavy atom. The van der Waals surface area contributed by atoms with Gasteiger partial charge in [0.25, 0.3) is 5.91 Å². The molecule has 1 saturated carbocycles. The number of carbonyl (C=O) groups excluding carboxylic acids is 2. The van der Waals surface area contributed by atoms with Crippen molar-refractivity contribution in [2.75, 3.05) is 6.61 Å². The van der Waals surface area contributed by atoms with Gasteiger partial charge in [-0.05, 0) is 31.4 Å². The van der Waals surface area contributed by atoms with Crippen molar-refractivity contribution < 1.29 is 19.4 Å². The van der Waals surface area contributed by atoms with Gasteiger partial charge in [-0.2, -0.15) is 0 Å². The quantitative estimate of drug-likeness (QED) is 0.824. The van der Waals surface area contributed by atoms with Gasteiger partial charge in [0.1, 0.15) is 11.3 Å². The molecule has 108 valence electrons. The summed E-state index contributed by atoms with van der Waals surface area (Å²) in [5.41, 5.74) is 0.675. The van der Waals surface area contributed by atoms with E-state index in [1.807, 2.05) is 0 Å². The minimum Gasteiger partial charge on any atom is -0.507 e. The Morgan fingerprint density at radius 2 is 2.05 bits per heavy atom. The SMILES string of the molecule is Cc1cccc(C(=O)OCC(=O)NC2CCCC2)c1O. The summed E-state index contributed by atoms with van der Waals surface area (Å²) in [5.74, 6) is -1.08. The van der Waals surface area contributed by atoms with Crippen molar-refractivity contribution in [2.24, 2.45) is 0 Å². The van der Waals surface area contributed by atoms with E-state index in [-0.39, 0.29) is 29.9 Å². The van der Waals surface area contributed by atoms with Crippen LogP contribution in [0.1, 0.15) is 41.6 Å². The number of ether oxygens (including phenoxy) is 1. The van der Waals surface area contributed by atoms with E-state index in [2.05, 4.69) is 5.32 Å². The molecule has 0 radical (unpaired) electrons. The maximum absolute atomic E-state index is 11.8. The maximum atomic E-state index is 11.8. The van der Waals surface area contributed by atoms with Crippen molar-refractivity contribution in [1.82, 2.24) is 5.32 Å². The van der Waals surface area contributed by atoms with Crippen LogP contribution in [0.2, 0.25) is 0 Å². The number of phenolic OH excluding ortho intramolecular Hbond substituents is 1. The summed E-state index contributed by atoms with van der Waals surface area (Å²) >= 11 is 0. The lowest BCUT2D eigenvalue weighted by atomic mass is 10.1. The molecule has 1 amide bonds. The summed E-state index contributed by atoms with van der Waals surface area (Å²) in [4.78, 5) is 23.4. The average molecular weight is 277 g/mol. The number of phenols is 1. The first kappa shape index (κ1) is 14.4. The van der Waals surface area contributed by atoms with Gasteiger partial charge in [-0.3, -0.25) is 4.79 Å². The van der Waals surface area contributed by atoms with Gasteiger partial charge >= 0.3 is 5.97 Å². The van der Waals surface area contributed by atoms with Crippen LogP contribution in [0.3, 0.4) is 0 Å². The summed E-state index contributed by atoms with van der Waals surface area (Å²) in [6.07, 6.45) is 4.22. The Morgan fingerprint density at radius 3 is 2.75 bits per heavy atom. The zero-order chi connectivity index (χ0) is 14.5. The number of carbonyl (C=O) groups is 2. The molecule has 1 aromatic rings. The molecule has 0 atom stereocenters. The number of amides is 1. The van der Waals surface area contributed by atoms with Gasteiger partial charge in [-0.15, -0.1) is 0 Å². The highest BCUT2D eigenvalue weighted by Crippen LogP contribution is 2.22. The van der Waals surface area contributed by atoms with Crippen LogP contribution in [0.4, 0.5) is 0 Å². The Bertz CT molecular complexity index is 507. The van der Waals surface area contributed by atoms with E-state index in [0.29, 0.717) is 5.56 Å². The fourth-order valence-corrected chi connectivity index (χ4v) is 2.37. The molecule has 20 heavy (non-hydrogen) atoms. The van der Waals surface area contributed by atoms with Crippen LogP contribution in [-0.4, -0.2) is 29.6 Å². The first-order valence-electron chi connectivity index (χ1n) is 6.83. The summed E-state index contributed by atoms with van der Waals surface area (Å²) in [7, 11) is 0. The second-order valence-electron chi connectivity index (χ2n) is 5.10. The standard InChI is InChI=1S/C15H19NO4/c1-10-5-4-8-12(14(10)18)15(19)20-9-13(17)16-11-6-2-3-7-11/h4-5,8,11,18H,2-3,6-7,9H2,1H3,(H,16,17). The normalized spacial score (nSPS) is 15.1. The molecule has 5 heteroatoms. The summed E-state index contributed by atoms with van der Waals surface area (Å²) in [6, 6.07) is 5.02. The van der Waals surface area contributed by atoms with Crippen molar-refractivity contribution in [2.45, 2.75) is 38.6 Å². The fraction of sp³-hybridized carbons (Fsp3) is 0.467. The van der Waals surface area contributed by atoms with Crippen molar-refractivity contribution in [3.63, 3.8) is 0 Å². The molecule has 0 unspecified atom stereocenters. The lowest BCUT2D eigenvalue weighted by Gasteiger charge is -2.12. The van der Waals surface area contributed by atoms with Crippen molar-refractivity contribution >= 4 is 11.9 Å². The van der Waals surface area contributed by atoms with Crippen LogP contribution < -0.4 is 5.32 Å². The number of para-hydroxylation sites is 1. The van der Waals surface area contributed by atoms with E-state index in [1.54, 1.807) is 19.1 Å². The fourth-order valence-electron chi connectivity index (χ4n) is 2.37. The van der Waals surface area contributed by atoms with Crippen LogP contribution in [-0.2, 0) is 9.53 Å². The number of hydrogen-bond donors (Lipinski definition) is 2. The highest BCUT2D eigenvalue weighted by Gasteiger charge is 2.19. The third-order valence-corrected chi connectivity index (χ3v) is 3.51. The minimum absolute atomic E-state index is 0.0821. The average Bonchev–Trinajstić information content (AvgIpc) is 2.92. The van der Waals surface area contributed by atoms with Gasteiger partial charge in [0, 0.05) is 6.04 Å². The molecule has 0 aromatic heterocycles. The Hall–Kier alpha value is -2.04. The Kier molecular flexibility index (Phi) is 4.61. The zero-order valence-electron chi connectivity index (χ0n) is 11.5. The minimum atomic E-state index is -0.687. The molecule has 1 aliphatic rings. The van der Waals surface area contributed by atoms with Crippen molar-refractivity contribution in [3.8, 4) is 5.75 Å². The molecule has 0 spiro atoms. The van der Waals surface area contributed by atoms with Gasteiger partial charge in [0.05, 0.1) is 0 Å². The second kappa shape index (κ2) is 6.41. The van der Waals surface area contributed by atoms with E-state index in [0.717, 1.165) is 25.7 Å². The summed E-state index contributed by atoms with van der Waals surface area (Å²) in [5, 5.41) is 12.6. The molecular formula is C15H19NO4. The summed E-state index contributed by atoms with van der Waals surface area (Å²) in [6.45, 7) is 1.38. The number of aryl methyl sites for hydroxylation is 1. The summed E-state index contributed by atoms with van der Waals surface area (Å²) < 4.78 is 4.93. The van der Waals surface area contributed by atoms with Gasteiger partial charge < -0.3 is 15.2 Å². The monoisotopic (exact) mass is 277 g/mol. The first-order chi connectivity index (χ1) is 9.58. The molecule has 1 aromatic carbocycles. The van der Waals surface area contributed by atoms with Gasteiger partial charge in [-0.1, -0.05) is 25.0 Å². The van der Waals surface area contributed by atoms with Gasteiger partial charge in [0.2, 0.25) is 0 Å². The molecule has 1 aliphatic carbocycles. The zero-order valence-corrected chi connectivity index (χ0v) is 11.5. The van der Waals surface area contributed by atoms with Crippen LogP contribution in [0.15, 0.2) is 18.2 Å². The van der Waals surface area contributed by atoms with Crippen molar-refractivity contribution in [1.29, 1.82) is 0 Å². The number of esters is 1. The Labute approximate surface area is 117 Å². The molecule has 2 rings (SSSR count). The number of aromatic hydroxyl groups is 1. The topological polar surface area (TPSA) is 75.6 Å². The number of nitrogens with one attached hydrogen (secondary N) is 1. The third kappa shape index (κ3) is 3.50. The second-order valence-corrected chi connectivity index (χ2v) is 5.10. The Balaban J connectivity index is 1.85. The molecule has 0 bridgehead atoms. The predicted molar refractivity (Wildman–Crippen MR) is 73.5 cm³/mol. The van der Waals surface area contributed by atoms with Crippen molar-refractivity contribution in [3.05, 3.63) is 29.3 Å². The maximum Gasteiger partial charge on any atom is 0.342 e. The van der Waals surface area contributed by atoms with Crippen LogP contribution >= 0.6 is 0 Å². The highest BCUT2D eigenvalue weighted by molar-refractivity contribution is 5.94. The molecule has 0 saturated heterocycles. The number of hydrogen-bond acceptors (Lipinski definition) is 4. The molecule has 5 nitrogen and oxygen atoms in total. The molecular weight excluding hydrogens is 258 g/mol. The van der Waals surface area contributed by atoms with Gasteiger partial charge in [0.15, 0.2) is 6.61 Å². The lowest BCUT2D eigenvalue weighted by molar-refractivity contribution is -0.124. The van der Waals surface area contributed by atoms with E-state index < -0.39 is 5.97 Å². The van der Waals surface area contributed by atoms with E-state index in [4.69, 9.17) is 4.74 Å². The van der Waals surface area contributed by atoms with Crippen LogP contribution in [0.25, 0.3) is 0 Å². The molecule has 2 N–H and O–H groups in total.